The van der Waals surface area contributed by atoms with E-state index in [-0.39, 0.29) is 12.4 Å². The summed E-state index contributed by atoms with van der Waals surface area (Å²) in [5.41, 5.74) is 3.52. The minimum absolute atomic E-state index is 0. The Hall–Kier alpha value is -1.64. The Balaban J connectivity index is 0.00000133. The van der Waals surface area contributed by atoms with Crippen molar-refractivity contribution >= 4 is 39.9 Å². The number of pyridine rings is 1. The highest BCUT2D eigenvalue weighted by molar-refractivity contribution is 9.10. The van der Waals surface area contributed by atoms with Gasteiger partial charge in [-0.15, -0.1) is 17.5 Å². The number of nitrogens with one attached hydrogen (secondary N) is 1. The zero-order valence-electron chi connectivity index (χ0n) is 9.51. The summed E-state index contributed by atoms with van der Waals surface area (Å²) in [6.45, 7) is 0. The summed E-state index contributed by atoms with van der Waals surface area (Å²) < 4.78 is 2.38. The molecule has 0 aromatic carbocycles. The number of hydrogen-bond acceptors (Lipinski definition) is 6. The van der Waals surface area contributed by atoms with Crippen molar-refractivity contribution in [2.75, 3.05) is 5.01 Å². The Morgan fingerprint density at radius 3 is 2.84 bits per heavy atom. The molecule has 2 aromatic heterocycles. The molecule has 0 aliphatic carbocycles. The summed E-state index contributed by atoms with van der Waals surface area (Å²) in [5.74, 6) is 0.608. The number of nitrogens with zero attached hydrogens (tertiary/aromatic N) is 5. The molecule has 7 nitrogen and oxygen atoms in total. The Bertz CT molecular complexity index is 572. The summed E-state index contributed by atoms with van der Waals surface area (Å²) in [4.78, 5) is 4.20. The third kappa shape index (κ3) is 2.55. The molecule has 19 heavy (non-hydrogen) atoms. The summed E-state index contributed by atoms with van der Waals surface area (Å²) in [6, 6.07) is 3.64. The number of aromatic nitrogens is 4. The van der Waals surface area contributed by atoms with Crippen LogP contribution in [0.2, 0.25) is 0 Å². The maximum absolute atomic E-state index is 10.2. The van der Waals surface area contributed by atoms with Gasteiger partial charge in [-0.3, -0.25) is 5.43 Å². The quantitative estimate of drug-likeness (QED) is 0.845. The molecule has 3 rings (SSSR count). The van der Waals surface area contributed by atoms with Gasteiger partial charge >= 0.3 is 0 Å². The number of anilines is 1. The predicted molar refractivity (Wildman–Crippen MR) is 75.1 cm³/mol. The first-order chi connectivity index (χ1) is 8.75. The molecule has 0 radical (unpaired) electrons. The van der Waals surface area contributed by atoms with E-state index in [1.54, 1.807) is 30.9 Å². The fourth-order valence-electron chi connectivity index (χ4n) is 1.65. The molecule has 3 heterocycles. The fourth-order valence-corrected chi connectivity index (χ4v) is 1.88. The number of aliphatic hydroxyl groups is 1. The van der Waals surface area contributed by atoms with Gasteiger partial charge in [0, 0.05) is 16.9 Å². The van der Waals surface area contributed by atoms with Gasteiger partial charge in [0.25, 0.3) is 0 Å². The maximum Gasteiger partial charge on any atom is 0.192 e. The standard InChI is InChI=1S/C10H9BrN6O.ClH/c11-7-1-2-9(12-5-7)17-10(18)8(6-14-17)16-4-3-13-15-16;/h1-6,10,14,18H;1H. The number of hydrazine groups is 1. The second kappa shape index (κ2) is 5.55. The fraction of sp³-hybridized carbons (Fsp3) is 0.100. The van der Waals surface area contributed by atoms with Crippen LogP contribution >= 0.6 is 28.3 Å². The molecule has 2 aromatic rings. The first kappa shape index (κ1) is 13.8. The highest BCUT2D eigenvalue weighted by Crippen LogP contribution is 2.22. The lowest BCUT2D eigenvalue weighted by Crippen LogP contribution is -2.39. The minimum atomic E-state index is -0.875. The van der Waals surface area contributed by atoms with E-state index in [2.05, 4.69) is 36.7 Å². The summed E-state index contributed by atoms with van der Waals surface area (Å²) in [7, 11) is 0. The average molecular weight is 346 g/mol. The topological polar surface area (TPSA) is 79.1 Å². The molecule has 1 aliphatic rings. The number of halogens is 2. The second-order valence-electron chi connectivity index (χ2n) is 3.62. The molecule has 0 fully saturated rings. The summed E-state index contributed by atoms with van der Waals surface area (Å²) in [6.07, 6.45) is 5.66. The lowest BCUT2D eigenvalue weighted by molar-refractivity contribution is 0.219. The van der Waals surface area contributed by atoms with Crippen LogP contribution in [0.25, 0.3) is 5.70 Å². The molecule has 2 N–H and O–H groups in total. The Labute approximate surface area is 123 Å². The normalized spacial score (nSPS) is 17.7. The van der Waals surface area contributed by atoms with E-state index >= 15 is 0 Å². The van der Waals surface area contributed by atoms with Crippen LogP contribution in [0.5, 0.6) is 0 Å². The van der Waals surface area contributed by atoms with E-state index < -0.39 is 6.23 Å². The van der Waals surface area contributed by atoms with Crippen molar-refractivity contribution in [3.05, 3.63) is 41.4 Å². The van der Waals surface area contributed by atoms with Gasteiger partial charge in [0.15, 0.2) is 6.23 Å². The van der Waals surface area contributed by atoms with Gasteiger partial charge in [-0.25, -0.2) is 14.7 Å². The van der Waals surface area contributed by atoms with E-state index in [9.17, 15) is 5.11 Å². The first-order valence-corrected chi connectivity index (χ1v) is 5.97. The van der Waals surface area contributed by atoms with Crippen LogP contribution in [0, 0.1) is 0 Å². The molecule has 1 atom stereocenters. The van der Waals surface area contributed by atoms with Crippen molar-refractivity contribution in [2.45, 2.75) is 6.23 Å². The first-order valence-electron chi connectivity index (χ1n) is 5.17. The summed E-state index contributed by atoms with van der Waals surface area (Å²) in [5, 5.41) is 19.3. The van der Waals surface area contributed by atoms with Gasteiger partial charge in [-0.05, 0) is 28.1 Å². The van der Waals surface area contributed by atoms with Crippen LogP contribution in [0.4, 0.5) is 5.82 Å². The van der Waals surface area contributed by atoms with Crippen LogP contribution in [0.1, 0.15) is 0 Å². The third-order valence-corrected chi connectivity index (χ3v) is 2.98. The molecule has 100 valence electrons. The average Bonchev–Trinajstić information content (AvgIpc) is 2.99. The Morgan fingerprint density at radius 2 is 2.21 bits per heavy atom. The predicted octanol–water partition coefficient (Wildman–Crippen LogP) is 0.999. The number of hydrogen-bond donors (Lipinski definition) is 2. The number of rotatable bonds is 2. The van der Waals surface area contributed by atoms with Crippen molar-refractivity contribution < 1.29 is 5.11 Å². The molecular weight excluding hydrogens is 336 g/mol. The van der Waals surface area contributed by atoms with Crippen molar-refractivity contribution in [1.82, 2.24) is 25.4 Å². The zero-order valence-corrected chi connectivity index (χ0v) is 11.9. The molecule has 1 aliphatic heterocycles. The molecule has 1 unspecified atom stereocenters. The zero-order chi connectivity index (χ0) is 12.5. The van der Waals surface area contributed by atoms with Crippen molar-refractivity contribution in [3.63, 3.8) is 0 Å². The lowest BCUT2D eigenvalue weighted by Gasteiger charge is -2.22. The Morgan fingerprint density at radius 1 is 1.37 bits per heavy atom. The van der Waals surface area contributed by atoms with E-state index in [0.29, 0.717) is 11.5 Å². The molecular formula is C10H10BrClN6O. The van der Waals surface area contributed by atoms with Crippen LogP contribution in [0.15, 0.2) is 41.4 Å². The largest absolute Gasteiger partial charge is 0.367 e. The minimum Gasteiger partial charge on any atom is -0.367 e. The van der Waals surface area contributed by atoms with Gasteiger partial charge in [-0.2, -0.15) is 0 Å². The highest BCUT2D eigenvalue weighted by Gasteiger charge is 2.28. The van der Waals surface area contributed by atoms with Gasteiger partial charge in [0.05, 0.1) is 12.4 Å². The smallest absolute Gasteiger partial charge is 0.192 e. The Kier molecular flexibility index (Phi) is 4.03. The number of aliphatic hydroxyl groups excluding tert-OH is 1. The van der Waals surface area contributed by atoms with E-state index in [1.165, 1.54) is 9.69 Å². The lowest BCUT2D eigenvalue weighted by atomic mass is 10.4. The van der Waals surface area contributed by atoms with E-state index in [4.69, 9.17) is 0 Å². The molecule has 0 saturated carbocycles. The molecule has 0 saturated heterocycles. The molecule has 0 amide bonds. The second-order valence-corrected chi connectivity index (χ2v) is 4.54. The molecule has 0 bridgehead atoms. The third-order valence-electron chi connectivity index (χ3n) is 2.51. The molecule has 9 heteroatoms. The molecule has 0 spiro atoms. The van der Waals surface area contributed by atoms with Crippen molar-refractivity contribution in [2.24, 2.45) is 0 Å². The SMILES string of the molecule is Cl.OC1C(n2ccnn2)=CNN1c1ccc(Br)cn1. The van der Waals surface area contributed by atoms with Crippen LogP contribution in [0.3, 0.4) is 0 Å². The van der Waals surface area contributed by atoms with Crippen LogP contribution < -0.4 is 10.4 Å². The van der Waals surface area contributed by atoms with Gasteiger partial charge < -0.3 is 5.11 Å². The van der Waals surface area contributed by atoms with Crippen LogP contribution in [-0.4, -0.2) is 31.3 Å². The highest BCUT2D eigenvalue weighted by atomic mass is 79.9. The van der Waals surface area contributed by atoms with Crippen molar-refractivity contribution in [3.8, 4) is 0 Å². The van der Waals surface area contributed by atoms with Gasteiger partial charge in [0.1, 0.15) is 11.5 Å². The van der Waals surface area contributed by atoms with Gasteiger partial charge in [0.2, 0.25) is 0 Å². The maximum atomic E-state index is 10.2. The van der Waals surface area contributed by atoms with Crippen molar-refractivity contribution in [1.29, 1.82) is 0 Å². The van der Waals surface area contributed by atoms with Gasteiger partial charge in [-0.1, -0.05) is 5.21 Å². The van der Waals surface area contributed by atoms with Crippen LogP contribution in [-0.2, 0) is 0 Å². The van der Waals surface area contributed by atoms with E-state index in [0.717, 1.165) is 4.47 Å². The summed E-state index contributed by atoms with van der Waals surface area (Å²) >= 11 is 3.31. The monoisotopic (exact) mass is 344 g/mol. The van der Waals surface area contributed by atoms with E-state index in [1.807, 2.05) is 6.07 Å².